The number of carbonyl (C=O) groups is 1. The monoisotopic (exact) mass is 360 g/mol. The Bertz CT molecular complexity index is 723. The van der Waals surface area contributed by atoms with Crippen molar-refractivity contribution in [3.8, 4) is 0 Å². The molecule has 0 saturated carbocycles. The Hall–Kier alpha value is -1.86. The first-order valence-electron chi connectivity index (χ1n) is 8.58. The minimum atomic E-state index is -0.270. The number of aryl methyl sites for hydroxylation is 2. The second-order valence-electron chi connectivity index (χ2n) is 6.39. The Morgan fingerprint density at radius 3 is 2.80 bits per heavy atom. The second kappa shape index (κ2) is 8.01. The first-order chi connectivity index (χ1) is 12.0. The molecule has 1 aromatic heterocycles. The highest BCUT2D eigenvalue weighted by molar-refractivity contribution is 8.00. The van der Waals surface area contributed by atoms with E-state index in [1.54, 1.807) is 0 Å². The molecule has 0 spiro atoms. The van der Waals surface area contributed by atoms with Crippen LogP contribution in [0, 0.1) is 13.8 Å². The van der Waals surface area contributed by atoms with Crippen LogP contribution in [0.4, 0.5) is 5.69 Å². The number of carbonyl (C=O) groups excluding carboxylic acids is 1. The van der Waals surface area contributed by atoms with E-state index in [1.807, 2.05) is 45.0 Å². The van der Waals surface area contributed by atoms with Gasteiger partial charge < -0.3 is 14.6 Å². The molecule has 25 heavy (non-hydrogen) atoms. The van der Waals surface area contributed by atoms with E-state index >= 15 is 0 Å². The van der Waals surface area contributed by atoms with Gasteiger partial charge in [-0.05, 0) is 45.7 Å². The molecule has 134 valence electrons. The van der Waals surface area contributed by atoms with Gasteiger partial charge in [-0.2, -0.15) is 0 Å². The van der Waals surface area contributed by atoms with Crippen molar-refractivity contribution in [1.82, 2.24) is 14.8 Å². The van der Waals surface area contributed by atoms with Crippen molar-refractivity contribution in [2.45, 2.75) is 56.7 Å². The van der Waals surface area contributed by atoms with Crippen molar-refractivity contribution in [2.75, 3.05) is 11.9 Å². The predicted octanol–water partition coefficient (Wildman–Crippen LogP) is 3.19. The number of aromatic nitrogens is 3. The molecule has 2 aromatic rings. The maximum absolute atomic E-state index is 12.5. The highest BCUT2D eigenvalue weighted by Gasteiger charge is 2.22. The molecule has 7 heteroatoms. The number of amides is 1. The molecule has 1 aromatic carbocycles. The van der Waals surface area contributed by atoms with E-state index in [2.05, 4.69) is 20.1 Å². The van der Waals surface area contributed by atoms with Gasteiger partial charge in [0.2, 0.25) is 5.91 Å². The zero-order valence-electron chi connectivity index (χ0n) is 14.9. The van der Waals surface area contributed by atoms with Gasteiger partial charge in [-0.15, -0.1) is 10.2 Å². The Morgan fingerprint density at radius 1 is 1.36 bits per heavy atom. The lowest BCUT2D eigenvalue weighted by Gasteiger charge is -2.15. The number of hydrogen-bond acceptors (Lipinski definition) is 5. The molecule has 0 radical (unpaired) electrons. The van der Waals surface area contributed by atoms with E-state index in [0.717, 1.165) is 48.2 Å². The van der Waals surface area contributed by atoms with Crippen molar-refractivity contribution in [1.29, 1.82) is 0 Å². The topological polar surface area (TPSA) is 69.0 Å². The molecule has 1 amide bonds. The number of thioether (sulfide) groups is 1. The van der Waals surface area contributed by atoms with Crippen molar-refractivity contribution in [2.24, 2.45) is 0 Å². The zero-order valence-corrected chi connectivity index (χ0v) is 15.7. The molecule has 0 aliphatic carbocycles. The molecular formula is C18H24N4O2S. The molecule has 3 rings (SSSR count). The average Bonchev–Trinajstić information content (AvgIpc) is 3.22. The van der Waals surface area contributed by atoms with Crippen LogP contribution in [-0.4, -0.2) is 38.6 Å². The van der Waals surface area contributed by atoms with Gasteiger partial charge in [0.05, 0.1) is 17.9 Å². The van der Waals surface area contributed by atoms with Crippen LogP contribution in [0.15, 0.2) is 29.4 Å². The van der Waals surface area contributed by atoms with Crippen LogP contribution in [0.25, 0.3) is 0 Å². The Morgan fingerprint density at radius 2 is 2.12 bits per heavy atom. The summed E-state index contributed by atoms with van der Waals surface area (Å²) in [5.41, 5.74) is 1.97. The third-order valence-corrected chi connectivity index (χ3v) is 5.36. The lowest BCUT2D eigenvalue weighted by Crippen LogP contribution is -2.23. The molecular weight excluding hydrogens is 336 g/mol. The smallest absolute Gasteiger partial charge is 0.237 e. The number of ether oxygens (including phenoxy) is 1. The van der Waals surface area contributed by atoms with Gasteiger partial charge >= 0.3 is 0 Å². The number of benzene rings is 1. The van der Waals surface area contributed by atoms with Gasteiger partial charge in [-0.25, -0.2) is 0 Å². The largest absolute Gasteiger partial charge is 0.376 e. The summed E-state index contributed by atoms with van der Waals surface area (Å²) in [6.07, 6.45) is 2.38. The maximum atomic E-state index is 12.5. The van der Waals surface area contributed by atoms with Gasteiger partial charge in [0.15, 0.2) is 5.16 Å². The molecule has 2 heterocycles. The van der Waals surface area contributed by atoms with Crippen molar-refractivity contribution in [3.63, 3.8) is 0 Å². The van der Waals surface area contributed by atoms with Crippen LogP contribution in [0.1, 0.15) is 31.2 Å². The zero-order chi connectivity index (χ0) is 17.8. The number of rotatable bonds is 6. The summed E-state index contributed by atoms with van der Waals surface area (Å²) in [6, 6.07) is 7.79. The van der Waals surface area contributed by atoms with Crippen LogP contribution < -0.4 is 5.32 Å². The minimum absolute atomic E-state index is 0.0434. The third kappa shape index (κ3) is 4.61. The highest BCUT2D eigenvalue weighted by Crippen LogP contribution is 2.25. The van der Waals surface area contributed by atoms with E-state index in [4.69, 9.17) is 4.74 Å². The van der Waals surface area contributed by atoms with Crippen molar-refractivity contribution >= 4 is 23.4 Å². The fourth-order valence-electron chi connectivity index (χ4n) is 2.74. The molecule has 1 aliphatic heterocycles. The fourth-order valence-corrected chi connectivity index (χ4v) is 3.65. The summed E-state index contributed by atoms with van der Waals surface area (Å²) in [5.74, 6) is 0.808. The lowest BCUT2D eigenvalue weighted by molar-refractivity contribution is -0.115. The first-order valence-corrected chi connectivity index (χ1v) is 9.46. The maximum Gasteiger partial charge on any atom is 0.237 e. The molecule has 0 bridgehead atoms. The molecule has 6 nitrogen and oxygen atoms in total. The summed E-state index contributed by atoms with van der Waals surface area (Å²) in [7, 11) is 0. The molecule has 1 fully saturated rings. The van der Waals surface area contributed by atoms with Gasteiger partial charge in [-0.3, -0.25) is 4.79 Å². The van der Waals surface area contributed by atoms with Gasteiger partial charge in [0, 0.05) is 12.3 Å². The van der Waals surface area contributed by atoms with E-state index in [0.29, 0.717) is 0 Å². The van der Waals surface area contributed by atoms with Crippen LogP contribution in [0.2, 0.25) is 0 Å². The summed E-state index contributed by atoms with van der Waals surface area (Å²) in [5, 5.41) is 11.8. The molecule has 0 unspecified atom stereocenters. The number of anilines is 1. The molecule has 1 N–H and O–H groups in total. The quantitative estimate of drug-likeness (QED) is 0.801. The normalized spacial score (nSPS) is 18.3. The van der Waals surface area contributed by atoms with E-state index in [9.17, 15) is 4.79 Å². The lowest BCUT2D eigenvalue weighted by atomic mass is 10.2. The van der Waals surface area contributed by atoms with E-state index < -0.39 is 0 Å². The average molecular weight is 360 g/mol. The number of nitrogens with one attached hydrogen (secondary N) is 1. The van der Waals surface area contributed by atoms with Crippen LogP contribution >= 0.6 is 11.8 Å². The molecule has 2 atom stereocenters. The van der Waals surface area contributed by atoms with Gasteiger partial charge in [0.1, 0.15) is 5.82 Å². The molecule has 1 aliphatic rings. The Balaban J connectivity index is 1.62. The van der Waals surface area contributed by atoms with E-state index in [-0.39, 0.29) is 17.3 Å². The van der Waals surface area contributed by atoms with Crippen LogP contribution in [0.5, 0.6) is 0 Å². The Kier molecular flexibility index (Phi) is 5.75. The predicted molar refractivity (Wildman–Crippen MR) is 98.9 cm³/mol. The summed E-state index contributed by atoms with van der Waals surface area (Å²) >= 11 is 1.43. The Labute approximate surface area is 152 Å². The number of hydrogen-bond donors (Lipinski definition) is 1. The second-order valence-corrected chi connectivity index (χ2v) is 7.70. The first kappa shape index (κ1) is 17.9. The van der Waals surface area contributed by atoms with Crippen LogP contribution in [0.3, 0.4) is 0 Å². The fraction of sp³-hybridized carbons (Fsp3) is 0.500. The van der Waals surface area contributed by atoms with Crippen molar-refractivity contribution in [3.05, 3.63) is 35.7 Å². The van der Waals surface area contributed by atoms with E-state index in [1.165, 1.54) is 11.8 Å². The van der Waals surface area contributed by atoms with Crippen molar-refractivity contribution < 1.29 is 9.53 Å². The summed E-state index contributed by atoms with van der Waals surface area (Å²) in [6.45, 7) is 7.40. The minimum Gasteiger partial charge on any atom is -0.376 e. The van der Waals surface area contributed by atoms with Gasteiger partial charge in [0.25, 0.3) is 0 Å². The standard InChI is InChI=1S/C18H24N4O2S/c1-12-6-8-15(9-7-12)19-17(23)13(2)25-18-21-20-14(3)22(18)11-16-5-4-10-24-16/h6-9,13,16H,4-5,10-11H2,1-3H3,(H,19,23)/t13-,16-/m1/s1. The number of nitrogens with zero attached hydrogens (tertiary/aromatic N) is 3. The van der Waals surface area contributed by atoms with Crippen LogP contribution in [-0.2, 0) is 16.1 Å². The summed E-state index contributed by atoms with van der Waals surface area (Å²) in [4.78, 5) is 12.5. The van der Waals surface area contributed by atoms with Gasteiger partial charge in [-0.1, -0.05) is 29.5 Å². The SMILES string of the molecule is Cc1ccc(NC(=O)[C@@H](C)Sc2nnc(C)n2C[C@H]2CCCO2)cc1. The molecule has 1 saturated heterocycles. The summed E-state index contributed by atoms with van der Waals surface area (Å²) < 4.78 is 7.76. The highest BCUT2D eigenvalue weighted by atomic mass is 32.2. The third-order valence-electron chi connectivity index (χ3n) is 4.28.